The molecule has 0 aromatic heterocycles. The molecule has 1 N–H and O–H groups in total. The SMILES string of the molecule is O=C(CCOCC(F)(F)F)Nc1ccc(N2CCCCC2)cc1. The number of amides is 1. The van der Waals surface area contributed by atoms with Crippen LogP contribution in [0.1, 0.15) is 25.7 Å². The van der Waals surface area contributed by atoms with Crippen LogP contribution in [0.25, 0.3) is 0 Å². The van der Waals surface area contributed by atoms with Gasteiger partial charge in [-0.25, -0.2) is 0 Å². The number of anilines is 2. The van der Waals surface area contributed by atoms with E-state index in [1.54, 1.807) is 12.1 Å². The summed E-state index contributed by atoms with van der Waals surface area (Å²) < 4.78 is 40.1. The summed E-state index contributed by atoms with van der Waals surface area (Å²) in [4.78, 5) is 13.9. The van der Waals surface area contributed by atoms with Gasteiger partial charge in [0.15, 0.2) is 0 Å². The van der Waals surface area contributed by atoms with Crippen LogP contribution < -0.4 is 10.2 Å². The van der Waals surface area contributed by atoms with Gasteiger partial charge in [-0.05, 0) is 43.5 Å². The van der Waals surface area contributed by atoms with Gasteiger partial charge in [-0.3, -0.25) is 4.79 Å². The first-order valence-electron chi connectivity index (χ1n) is 7.73. The summed E-state index contributed by atoms with van der Waals surface area (Å²) in [5.41, 5.74) is 1.75. The summed E-state index contributed by atoms with van der Waals surface area (Å²) in [5, 5.41) is 2.65. The van der Waals surface area contributed by atoms with Crippen LogP contribution in [0.3, 0.4) is 0 Å². The summed E-state index contributed by atoms with van der Waals surface area (Å²) >= 11 is 0. The van der Waals surface area contributed by atoms with Gasteiger partial charge in [0.2, 0.25) is 5.91 Å². The van der Waals surface area contributed by atoms with Crippen LogP contribution >= 0.6 is 0 Å². The Morgan fingerprint density at radius 2 is 1.78 bits per heavy atom. The van der Waals surface area contributed by atoms with Crippen molar-refractivity contribution < 1.29 is 22.7 Å². The normalized spacial score (nSPS) is 15.5. The molecule has 1 heterocycles. The number of hydrogen-bond donors (Lipinski definition) is 1. The maximum Gasteiger partial charge on any atom is 0.411 e. The molecule has 2 rings (SSSR count). The Balaban J connectivity index is 1.73. The van der Waals surface area contributed by atoms with Crippen molar-refractivity contribution in [2.75, 3.05) is 36.5 Å². The van der Waals surface area contributed by atoms with Gasteiger partial charge in [0.1, 0.15) is 6.61 Å². The predicted molar refractivity (Wildman–Crippen MR) is 82.6 cm³/mol. The molecular formula is C16H21F3N2O2. The Hall–Kier alpha value is -1.76. The summed E-state index contributed by atoms with van der Waals surface area (Å²) in [6.07, 6.45) is -0.821. The number of nitrogens with zero attached hydrogens (tertiary/aromatic N) is 1. The largest absolute Gasteiger partial charge is 0.411 e. The zero-order valence-electron chi connectivity index (χ0n) is 12.9. The number of benzene rings is 1. The molecule has 4 nitrogen and oxygen atoms in total. The average molecular weight is 330 g/mol. The van der Waals surface area contributed by atoms with E-state index in [0.717, 1.165) is 18.8 Å². The van der Waals surface area contributed by atoms with E-state index in [9.17, 15) is 18.0 Å². The van der Waals surface area contributed by atoms with Gasteiger partial charge in [-0.1, -0.05) is 0 Å². The number of carbonyl (C=O) groups excluding carboxylic acids is 1. The van der Waals surface area contributed by atoms with Gasteiger partial charge < -0.3 is 15.0 Å². The third kappa shape index (κ3) is 6.48. The summed E-state index contributed by atoms with van der Waals surface area (Å²) in [6.45, 7) is 0.506. The lowest BCUT2D eigenvalue weighted by Gasteiger charge is -2.28. The number of rotatable bonds is 6. The van der Waals surface area contributed by atoms with E-state index in [-0.39, 0.29) is 18.9 Å². The highest BCUT2D eigenvalue weighted by molar-refractivity contribution is 5.90. The van der Waals surface area contributed by atoms with Crippen molar-refractivity contribution in [3.8, 4) is 0 Å². The first kappa shape index (κ1) is 17.6. The third-order valence-electron chi connectivity index (χ3n) is 3.61. The van der Waals surface area contributed by atoms with Crippen LogP contribution in [-0.2, 0) is 9.53 Å². The molecule has 128 valence electrons. The zero-order valence-corrected chi connectivity index (χ0v) is 12.9. The molecule has 1 saturated heterocycles. The lowest BCUT2D eigenvalue weighted by Crippen LogP contribution is -2.29. The molecular weight excluding hydrogens is 309 g/mol. The Bertz CT molecular complexity index is 497. The lowest BCUT2D eigenvalue weighted by atomic mass is 10.1. The highest BCUT2D eigenvalue weighted by atomic mass is 19.4. The summed E-state index contributed by atoms with van der Waals surface area (Å²) in [6, 6.07) is 7.50. The van der Waals surface area contributed by atoms with Crippen LogP contribution in [0.4, 0.5) is 24.5 Å². The number of hydrogen-bond acceptors (Lipinski definition) is 3. The summed E-state index contributed by atoms with van der Waals surface area (Å²) in [7, 11) is 0. The molecule has 1 fully saturated rings. The standard InChI is InChI=1S/C16H21F3N2O2/c17-16(18,19)12-23-11-8-15(22)20-13-4-6-14(7-5-13)21-9-2-1-3-10-21/h4-7H,1-3,8-12H2,(H,20,22). The number of alkyl halides is 3. The van der Waals surface area contributed by atoms with Crippen molar-refractivity contribution in [3.63, 3.8) is 0 Å². The number of nitrogens with one attached hydrogen (secondary N) is 1. The molecule has 0 bridgehead atoms. The Morgan fingerprint density at radius 1 is 1.13 bits per heavy atom. The highest BCUT2D eigenvalue weighted by Crippen LogP contribution is 2.22. The Labute approximate surface area is 133 Å². The van der Waals surface area contributed by atoms with Crippen molar-refractivity contribution in [1.82, 2.24) is 0 Å². The van der Waals surface area contributed by atoms with Gasteiger partial charge in [0.25, 0.3) is 0 Å². The molecule has 1 aromatic rings. The van der Waals surface area contributed by atoms with Gasteiger partial charge >= 0.3 is 6.18 Å². The van der Waals surface area contributed by atoms with Crippen molar-refractivity contribution in [2.24, 2.45) is 0 Å². The van der Waals surface area contributed by atoms with Gasteiger partial charge in [0, 0.05) is 24.5 Å². The minimum absolute atomic E-state index is 0.107. The van der Waals surface area contributed by atoms with Gasteiger partial charge in [0.05, 0.1) is 13.0 Å². The van der Waals surface area contributed by atoms with E-state index < -0.39 is 12.8 Å². The van der Waals surface area contributed by atoms with E-state index in [1.807, 2.05) is 12.1 Å². The van der Waals surface area contributed by atoms with E-state index in [4.69, 9.17) is 0 Å². The molecule has 0 atom stereocenters. The Morgan fingerprint density at radius 3 is 2.39 bits per heavy atom. The molecule has 0 aliphatic carbocycles. The van der Waals surface area contributed by atoms with Crippen LogP contribution in [0.5, 0.6) is 0 Å². The molecule has 1 aliphatic heterocycles. The second kappa shape index (κ2) is 8.19. The quantitative estimate of drug-likeness (QED) is 0.811. The molecule has 1 amide bonds. The van der Waals surface area contributed by atoms with E-state index in [0.29, 0.717) is 5.69 Å². The van der Waals surface area contributed by atoms with E-state index in [2.05, 4.69) is 15.0 Å². The number of halogens is 3. The molecule has 0 unspecified atom stereocenters. The monoisotopic (exact) mass is 330 g/mol. The molecule has 0 spiro atoms. The fraction of sp³-hybridized carbons (Fsp3) is 0.562. The number of carbonyl (C=O) groups is 1. The number of piperidine rings is 1. The minimum Gasteiger partial charge on any atom is -0.372 e. The second-order valence-electron chi connectivity index (χ2n) is 5.56. The molecule has 7 heteroatoms. The fourth-order valence-corrected chi connectivity index (χ4v) is 2.48. The number of ether oxygens (including phenoxy) is 1. The van der Waals surface area contributed by atoms with Crippen molar-refractivity contribution in [2.45, 2.75) is 31.9 Å². The van der Waals surface area contributed by atoms with E-state index in [1.165, 1.54) is 19.3 Å². The molecule has 1 aliphatic rings. The molecule has 1 aromatic carbocycles. The maximum absolute atomic E-state index is 11.9. The predicted octanol–water partition coefficient (Wildman–Crippen LogP) is 3.58. The van der Waals surface area contributed by atoms with Crippen molar-refractivity contribution in [3.05, 3.63) is 24.3 Å². The van der Waals surface area contributed by atoms with Crippen LogP contribution in [-0.4, -0.2) is 38.4 Å². The second-order valence-corrected chi connectivity index (χ2v) is 5.56. The molecule has 0 radical (unpaired) electrons. The first-order valence-corrected chi connectivity index (χ1v) is 7.73. The van der Waals surface area contributed by atoms with E-state index >= 15 is 0 Å². The zero-order chi connectivity index (χ0) is 16.7. The molecule has 0 saturated carbocycles. The Kier molecular flexibility index (Phi) is 6.27. The topological polar surface area (TPSA) is 41.6 Å². The van der Waals surface area contributed by atoms with Gasteiger partial charge in [-0.15, -0.1) is 0 Å². The lowest BCUT2D eigenvalue weighted by molar-refractivity contribution is -0.174. The maximum atomic E-state index is 11.9. The smallest absolute Gasteiger partial charge is 0.372 e. The fourth-order valence-electron chi connectivity index (χ4n) is 2.48. The van der Waals surface area contributed by atoms with Crippen molar-refractivity contribution in [1.29, 1.82) is 0 Å². The van der Waals surface area contributed by atoms with Crippen LogP contribution in [0, 0.1) is 0 Å². The highest BCUT2D eigenvalue weighted by Gasteiger charge is 2.27. The minimum atomic E-state index is -4.36. The summed E-state index contributed by atoms with van der Waals surface area (Å²) in [5.74, 6) is -0.363. The third-order valence-corrected chi connectivity index (χ3v) is 3.61. The van der Waals surface area contributed by atoms with Crippen LogP contribution in [0.15, 0.2) is 24.3 Å². The molecule has 23 heavy (non-hydrogen) atoms. The first-order chi connectivity index (χ1) is 10.9. The average Bonchev–Trinajstić information content (AvgIpc) is 2.52. The van der Waals surface area contributed by atoms with Crippen molar-refractivity contribution >= 4 is 17.3 Å². The van der Waals surface area contributed by atoms with Gasteiger partial charge in [-0.2, -0.15) is 13.2 Å². The van der Waals surface area contributed by atoms with Crippen LogP contribution in [0.2, 0.25) is 0 Å².